The number of nitrogens with zero attached hydrogens (tertiary/aromatic N) is 1. The van der Waals surface area contributed by atoms with Gasteiger partial charge in [-0.2, -0.15) is 4.31 Å². The predicted molar refractivity (Wildman–Crippen MR) is 123 cm³/mol. The molecule has 0 amide bonds. The van der Waals surface area contributed by atoms with Crippen molar-refractivity contribution in [3.05, 3.63) is 65.7 Å². The van der Waals surface area contributed by atoms with Crippen LogP contribution in [0.25, 0.3) is 0 Å². The van der Waals surface area contributed by atoms with Crippen molar-refractivity contribution in [3.63, 3.8) is 0 Å². The van der Waals surface area contributed by atoms with E-state index in [2.05, 4.69) is 0 Å². The fourth-order valence-corrected chi connectivity index (χ4v) is 6.93. The topological polar surface area (TPSA) is 91.4 Å². The Kier molecular flexibility index (Phi) is 5.66. The van der Waals surface area contributed by atoms with Gasteiger partial charge in [0.2, 0.25) is 16.8 Å². The lowest BCUT2D eigenvalue weighted by atomic mass is 9.68. The summed E-state index contributed by atoms with van der Waals surface area (Å²) in [4.78, 5) is 12.3. The molecule has 4 atom stereocenters. The second-order valence-corrected chi connectivity index (χ2v) is 10.8. The SMILES string of the molecule is CO[C@H]1C=C[C@@]2(c3ccc4c(c3)OCO4)[C@@H](OC(C)=O)CN(S(=O)(=O)c3ccc(C)cc3)[C@H]2C1. The Morgan fingerprint density at radius 3 is 2.56 bits per heavy atom. The van der Waals surface area contributed by atoms with E-state index in [1.165, 1.54) is 11.2 Å². The summed E-state index contributed by atoms with van der Waals surface area (Å²) in [6.45, 7) is 3.39. The van der Waals surface area contributed by atoms with E-state index in [0.29, 0.717) is 17.9 Å². The van der Waals surface area contributed by atoms with Gasteiger partial charge in [0.1, 0.15) is 6.10 Å². The molecule has 9 heteroatoms. The maximum absolute atomic E-state index is 13.9. The van der Waals surface area contributed by atoms with Crippen LogP contribution in [0.4, 0.5) is 0 Å². The lowest BCUT2D eigenvalue weighted by Crippen LogP contribution is -2.51. The Morgan fingerprint density at radius 2 is 1.85 bits per heavy atom. The van der Waals surface area contributed by atoms with Crippen molar-refractivity contribution in [1.82, 2.24) is 4.31 Å². The van der Waals surface area contributed by atoms with Crippen molar-refractivity contribution in [3.8, 4) is 11.5 Å². The Hall–Kier alpha value is -2.88. The number of hydrogen-bond acceptors (Lipinski definition) is 7. The molecule has 3 aliphatic rings. The average molecular weight is 486 g/mol. The third kappa shape index (κ3) is 3.59. The monoisotopic (exact) mass is 485 g/mol. The van der Waals surface area contributed by atoms with E-state index in [1.54, 1.807) is 31.4 Å². The number of ether oxygens (including phenoxy) is 4. The maximum atomic E-state index is 13.9. The molecule has 2 aromatic carbocycles. The number of methoxy groups -OCH3 is 1. The quantitative estimate of drug-likeness (QED) is 0.475. The average Bonchev–Trinajstić information content (AvgIpc) is 3.41. The summed E-state index contributed by atoms with van der Waals surface area (Å²) in [5.41, 5.74) is 0.840. The largest absolute Gasteiger partial charge is 0.460 e. The van der Waals surface area contributed by atoms with Gasteiger partial charge >= 0.3 is 5.97 Å². The first-order chi connectivity index (χ1) is 16.3. The summed E-state index contributed by atoms with van der Waals surface area (Å²) in [5.74, 6) is 0.729. The van der Waals surface area contributed by atoms with Gasteiger partial charge in [0.25, 0.3) is 0 Å². The molecule has 0 radical (unpaired) electrons. The molecule has 34 heavy (non-hydrogen) atoms. The number of carbonyl (C=O) groups is 1. The molecule has 1 fully saturated rings. The third-order valence-electron chi connectivity index (χ3n) is 6.93. The van der Waals surface area contributed by atoms with E-state index in [0.717, 1.165) is 11.1 Å². The standard InChI is InChI=1S/C25H27NO7S/c1-16-4-7-20(8-5-16)34(28,29)26-14-24(33-17(2)27)25(11-10-19(30-3)13-23(25)26)18-6-9-21-22(12-18)32-15-31-21/h4-12,19,23-24H,13-15H2,1-3H3/t19-,23-,24-,25-/m0/s1. The molecule has 0 aromatic heterocycles. The molecular weight excluding hydrogens is 458 g/mol. The molecule has 5 rings (SSSR count). The molecule has 0 spiro atoms. The number of benzene rings is 2. The molecule has 0 N–H and O–H groups in total. The fourth-order valence-electron chi connectivity index (χ4n) is 5.25. The molecule has 2 aliphatic heterocycles. The molecule has 2 aromatic rings. The second kappa shape index (κ2) is 8.41. The molecule has 2 heterocycles. The third-order valence-corrected chi connectivity index (χ3v) is 8.82. The van der Waals surface area contributed by atoms with Crippen LogP contribution in [0.15, 0.2) is 59.5 Å². The van der Waals surface area contributed by atoms with E-state index >= 15 is 0 Å². The van der Waals surface area contributed by atoms with Gasteiger partial charge in [-0.25, -0.2) is 8.42 Å². The van der Waals surface area contributed by atoms with E-state index < -0.39 is 33.6 Å². The number of fused-ring (bicyclic) bond motifs is 2. The molecule has 1 aliphatic carbocycles. The van der Waals surface area contributed by atoms with Crippen LogP contribution >= 0.6 is 0 Å². The van der Waals surface area contributed by atoms with Gasteiger partial charge in [0.05, 0.1) is 23.0 Å². The van der Waals surface area contributed by atoms with Crippen LogP contribution in [0.2, 0.25) is 0 Å². The highest BCUT2D eigenvalue weighted by Gasteiger charge is 2.60. The first kappa shape index (κ1) is 22.9. The van der Waals surface area contributed by atoms with Crippen molar-refractivity contribution < 1.29 is 32.2 Å². The number of hydrogen-bond donors (Lipinski definition) is 0. The van der Waals surface area contributed by atoms with Crippen LogP contribution in [0, 0.1) is 6.92 Å². The molecule has 1 saturated heterocycles. The van der Waals surface area contributed by atoms with E-state index in [-0.39, 0.29) is 24.3 Å². The number of aryl methyl sites for hydroxylation is 1. The number of carbonyl (C=O) groups excluding carboxylic acids is 1. The summed E-state index contributed by atoms with van der Waals surface area (Å²) in [5, 5.41) is 0. The van der Waals surface area contributed by atoms with Gasteiger partial charge in [-0.15, -0.1) is 0 Å². The van der Waals surface area contributed by atoms with Crippen molar-refractivity contribution in [2.45, 2.75) is 48.8 Å². The zero-order valence-corrected chi connectivity index (χ0v) is 20.1. The minimum absolute atomic E-state index is 0.0235. The number of rotatable bonds is 5. The fraction of sp³-hybridized carbons (Fsp3) is 0.400. The molecule has 0 unspecified atom stereocenters. The minimum Gasteiger partial charge on any atom is -0.460 e. The van der Waals surface area contributed by atoms with Gasteiger partial charge in [-0.3, -0.25) is 4.79 Å². The van der Waals surface area contributed by atoms with Crippen molar-refractivity contribution in [2.75, 3.05) is 20.4 Å². The van der Waals surface area contributed by atoms with Gasteiger partial charge in [-0.05, 0) is 43.2 Å². The van der Waals surface area contributed by atoms with Crippen molar-refractivity contribution in [1.29, 1.82) is 0 Å². The van der Waals surface area contributed by atoms with Crippen LogP contribution in [-0.2, 0) is 29.7 Å². The van der Waals surface area contributed by atoms with E-state index in [1.807, 2.05) is 37.3 Å². The molecule has 8 nitrogen and oxygen atoms in total. The normalized spacial score (nSPS) is 28.0. The highest BCUT2D eigenvalue weighted by Crippen LogP contribution is 2.51. The Labute approximate surface area is 199 Å². The minimum atomic E-state index is -3.89. The Bertz CT molecular complexity index is 1240. The van der Waals surface area contributed by atoms with Gasteiger partial charge in [-0.1, -0.05) is 35.9 Å². The highest BCUT2D eigenvalue weighted by atomic mass is 32.2. The molecular formula is C25H27NO7S. The first-order valence-corrected chi connectivity index (χ1v) is 12.6. The number of sulfonamides is 1. The van der Waals surface area contributed by atoms with E-state index in [9.17, 15) is 13.2 Å². The lowest BCUT2D eigenvalue weighted by Gasteiger charge is -2.42. The Morgan fingerprint density at radius 1 is 1.12 bits per heavy atom. The zero-order chi connectivity index (χ0) is 24.1. The van der Waals surface area contributed by atoms with Gasteiger partial charge in [0.15, 0.2) is 11.5 Å². The van der Waals surface area contributed by atoms with Crippen LogP contribution in [0.5, 0.6) is 11.5 Å². The van der Waals surface area contributed by atoms with E-state index in [4.69, 9.17) is 18.9 Å². The maximum Gasteiger partial charge on any atom is 0.302 e. The number of esters is 1. The van der Waals surface area contributed by atoms with Crippen LogP contribution < -0.4 is 9.47 Å². The summed E-state index contributed by atoms with van der Waals surface area (Å²) in [6.07, 6.45) is 3.25. The summed E-state index contributed by atoms with van der Waals surface area (Å²) < 4.78 is 51.6. The molecule has 0 bridgehead atoms. The van der Waals surface area contributed by atoms with Crippen LogP contribution in [0.3, 0.4) is 0 Å². The van der Waals surface area contributed by atoms with Gasteiger partial charge < -0.3 is 18.9 Å². The summed E-state index contributed by atoms with van der Waals surface area (Å²) in [7, 11) is -2.29. The van der Waals surface area contributed by atoms with Crippen molar-refractivity contribution >= 4 is 16.0 Å². The summed E-state index contributed by atoms with van der Waals surface area (Å²) >= 11 is 0. The molecule has 180 valence electrons. The first-order valence-electron chi connectivity index (χ1n) is 11.1. The highest BCUT2D eigenvalue weighted by molar-refractivity contribution is 7.89. The predicted octanol–water partition coefficient (Wildman–Crippen LogP) is 2.94. The zero-order valence-electron chi connectivity index (χ0n) is 19.3. The lowest BCUT2D eigenvalue weighted by molar-refractivity contribution is -0.147. The van der Waals surface area contributed by atoms with Gasteiger partial charge in [0, 0.05) is 20.1 Å². The Balaban J connectivity index is 1.67. The smallest absolute Gasteiger partial charge is 0.302 e. The van der Waals surface area contributed by atoms with Crippen molar-refractivity contribution in [2.24, 2.45) is 0 Å². The molecule has 0 saturated carbocycles. The summed E-state index contributed by atoms with van der Waals surface area (Å²) in [6, 6.07) is 11.8. The van der Waals surface area contributed by atoms with Crippen LogP contribution in [0.1, 0.15) is 24.5 Å². The second-order valence-electron chi connectivity index (χ2n) is 8.87. The van der Waals surface area contributed by atoms with Crippen LogP contribution in [-0.4, -0.2) is 57.4 Å².